The fourth-order valence-corrected chi connectivity index (χ4v) is 4.90. The molecule has 1 saturated heterocycles. The molecule has 1 aromatic carbocycles. The van der Waals surface area contributed by atoms with Gasteiger partial charge in [0.05, 0.1) is 29.6 Å². The summed E-state index contributed by atoms with van der Waals surface area (Å²) >= 11 is 0. The average molecular weight is 386 g/mol. The molecule has 1 aliphatic carbocycles. The maximum absolute atomic E-state index is 4.65. The summed E-state index contributed by atoms with van der Waals surface area (Å²) in [5, 5.41) is 15.7. The minimum atomic E-state index is 0.512. The first-order chi connectivity index (χ1) is 14.2. The van der Waals surface area contributed by atoms with E-state index in [0.29, 0.717) is 17.4 Å². The maximum atomic E-state index is 4.65. The van der Waals surface area contributed by atoms with E-state index in [2.05, 4.69) is 59.5 Å². The van der Waals surface area contributed by atoms with Crippen molar-refractivity contribution in [2.75, 3.05) is 25.5 Å². The predicted octanol–water partition coefficient (Wildman–Crippen LogP) is 3.23. The zero-order valence-corrected chi connectivity index (χ0v) is 16.2. The van der Waals surface area contributed by atoms with Crippen molar-refractivity contribution in [3.8, 4) is 11.1 Å². The Morgan fingerprint density at radius 1 is 1.14 bits per heavy atom. The van der Waals surface area contributed by atoms with Crippen LogP contribution in [-0.4, -0.2) is 55.0 Å². The molecule has 3 aromatic heterocycles. The minimum Gasteiger partial charge on any atom is -0.321 e. The number of nitrogens with one attached hydrogen (secondary N) is 2. The molecular weight excluding hydrogens is 364 g/mol. The molecule has 0 bridgehead atoms. The summed E-state index contributed by atoms with van der Waals surface area (Å²) in [4.78, 5) is 11.5. The number of aromatic nitrogens is 6. The van der Waals surface area contributed by atoms with Crippen LogP contribution in [0.3, 0.4) is 0 Å². The number of aromatic amines is 1. The summed E-state index contributed by atoms with van der Waals surface area (Å²) in [6.07, 6.45) is 11.9. The molecule has 0 atom stereocenters. The molecule has 4 heterocycles. The molecule has 29 heavy (non-hydrogen) atoms. The second-order valence-electron chi connectivity index (χ2n) is 8.52. The standard InChI is InChI=1S/C21H22N8/c1-28-12-21(13-28)5-18(6-21)29-11-17(10-25-29)26-20-22-7-15-4-14(2-3-19(15)27-20)16-8-23-24-9-16/h2-4,7-11,18H,5-6,12-13H2,1H3,(H,23,24)(H,22,26,27). The van der Waals surface area contributed by atoms with Gasteiger partial charge in [0, 0.05) is 42.6 Å². The Morgan fingerprint density at radius 2 is 2.03 bits per heavy atom. The van der Waals surface area contributed by atoms with E-state index in [1.165, 1.54) is 25.9 Å². The monoisotopic (exact) mass is 386 g/mol. The highest BCUT2D eigenvalue weighted by Crippen LogP contribution is 2.53. The van der Waals surface area contributed by atoms with E-state index in [9.17, 15) is 0 Å². The molecule has 0 amide bonds. The third-order valence-electron chi connectivity index (χ3n) is 6.19. The molecule has 8 heteroatoms. The second-order valence-corrected chi connectivity index (χ2v) is 8.52. The Kier molecular flexibility index (Phi) is 3.52. The van der Waals surface area contributed by atoms with Crippen molar-refractivity contribution in [2.24, 2.45) is 5.41 Å². The van der Waals surface area contributed by atoms with Crippen molar-refractivity contribution >= 4 is 22.5 Å². The Bertz CT molecular complexity index is 1160. The lowest BCUT2D eigenvalue weighted by molar-refractivity contribution is -0.0786. The first kappa shape index (κ1) is 16.7. The molecule has 146 valence electrons. The highest BCUT2D eigenvalue weighted by molar-refractivity contribution is 5.84. The lowest BCUT2D eigenvalue weighted by atomic mass is 9.61. The number of hydrogen-bond donors (Lipinski definition) is 2. The minimum absolute atomic E-state index is 0.512. The van der Waals surface area contributed by atoms with Crippen LogP contribution in [0.2, 0.25) is 0 Å². The number of fused-ring (bicyclic) bond motifs is 1. The summed E-state index contributed by atoms with van der Waals surface area (Å²) in [5.74, 6) is 0.582. The van der Waals surface area contributed by atoms with Crippen molar-refractivity contribution < 1.29 is 0 Å². The van der Waals surface area contributed by atoms with Crippen LogP contribution < -0.4 is 5.32 Å². The van der Waals surface area contributed by atoms with Crippen molar-refractivity contribution in [3.63, 3.8) is 0 Å². The SMILES string of the molecule is CN1CC2(CC(n3cc(Nc4ncc5cc(-c6cn[nH]c6)ccc5n4)cn3)C2)C1. The fraction of sp³-hybridized carbons (Fsp3) is 0.333. The highest BCUT2D eigenvalue weighted by Gasteiger charge is 2.51. The van der Waals surface area contributed by atoms with Crippen LogP contribution in [0.4, 0.5) is 11.6 Å². The average Bonchev–Trinajstić information content (AvgIpc) is 3.35. The topological polar surface area (TPSA) is 87.5 Å². The van der Waals surface area contributed by atoms with E-state index in [0.717, 1.165) is 27.7 Å². The Hall–Kier alpha value is -3.26. The van der Waals surface area contributed by atoms with Gasteiger partial charge in [-0.25, -0.2) is 9.97 Å². The van der Waals surface area contributed by atoms with Crippen molar-refractivity contribution in [2.45, 2.75) is 18.9 Å². The van der Waals surface area contributed by atoms with Gasteiger partial charge in [-0.1, -0.05) is 6.07 Å². The van der Waals surface area contributed by atoms with Crippen LogP contribution in [0, 0.1) is 5.41 Å². The third-order valence-corrected chi connectivity index (χ3v) is 6.19. The lowest BCUT2D eigenvalue weighted by Gasteiger charge is -2.58. The van der Waals surface area contributed by atoms with Gasteiger partial charge in [0.25, 0.3) is 0 Å². The molecule has 6 rings (SSSR count). The van der Waals surface area contributed by atoms with E-state index >= 15 is 0 Å². The first-order valence-corrected chi connectivity index (χ1v) is 9.92. The summed E-state index contributed by atoms with van der Waals surface area (Å²) < 4.78 is 2.09. The van der Waals surface area contributed by atoms with Gasteiger partial charge in [0.15, 0.2) is 0 Å². The molecule has 2 N–H and O–H groups in total. The normalized spacial score (nSPS) is 18.7. The van der Waals surface area contributed by atoms with E-state index in [1.807, 2.05) is 36.9 Å². The molecular formula is C21H22N8. The van der Waals surface area contributed by atoms with Gasteiger partial charge in [-0.3, -0.25) is 9.78 Å². The number of nitrogens with zero attached hydrogens (tertiary/aromatic N) is 6. The molecule has 2 aliphatic rings. The maximum Gasteiger partial charge on any atom is 0.227 e. The number of benzene rings is 1. The highest BCUT2D eigenvalue weighted by atomic mass is 15.3. The largest absolute Gasteiger partial charge is 0.321 e. The molecule has 1 aliphatic heterocycles. The van der Waals surface area contributed by atoms with Gasteiger partial charge in [-0.05, 0) is 43.0 Å². The van der Waals surface area contributed by atoms with E-state index in [1.54, 1.807) is 0 Å². The molecule has 2 fully saturated rings. The molecule has 0 unspecified atom stereocenters. The third kappa shape index (κ3) is 2.87. The summed E-state index contributed by atoms with van der Waals surface area (Å²) in [6.45, 7) is 2.45. The van der Waals surface area contributed by atoms with Gasteiger partial charge in [0.2, 0.25) is 5.95 Å². The molecule has 8 nitrogen and oxygen atoms in total. The molecule has 4 aromatic rings. The van der Waals surface area contributed by atoms with Gasteiger partial charge < -0.3 is 10.2 Å². The number of rotatable bonds is 4. The Balaban J connectivity index is 1.17. The summed E-state index contributed by atoms with van der Waals surface area (Å²) in [5.41, 5.74) is 4.51. The molecule has 1 saturated carbocycles. The van der Waals surface area contributed by atoms with Crippen LogP contribution in [0.5, 0.6) is 0 Å². The van der Waals surface area contributed by atoms with Crippen LogP contribution in [-0.2, 0) is 0 Å². The van der Waals surface area contributed by atoms with Crippen molar-refractivity contribution in [1.82, 2.24) is 34.8 Å². The number of hydrogen-bond acceptors (Lipinski definition) is 6. The Morgan fingerprint density at radius 3 is 2.83 bits per heavy atom. The predicted molar refractivity (Wildman–Crippen MR) is 111 cm³/mol. The van der Waals surface area contributed by atoms with E-state index in [-0.39, 0.29) is 0 Å². The number of likely N-dealkylation sites (tertiary alicyclic amines) is 1. The molecule has 1 spiro atoms. The van der Waals surface area contributed by atoms with Crippen LogP contribution >= 0.6 is 0 Å². The van der Waals surface area contributed by atoms with Gasteiger partial charge in [-0.15, -0.1) is 0 Å². The summed E-state index contributed by atoms with van der Waals surface area (Å²) in [7, 11) is 2.19. The zero-order chi connectivity index (χ0) is 19.4. The Labute approximate surface area is 168 Å². The lowest BCUT2D eigenvalue weighted by Crippen LogP contribution is -2.60. The van der Waals surface area contributed by atoms with Crippen LogP contribution in [0.15, 0.2) is 49.2 Å². The van der Waals surface area contributed by atoms with Gasteiger partial charge >= 0.3 is 0 Å². The van der Waals surface area contributed by atoms with Crippen LogP contribution in [0.1, 0.15) is 18.9 Å². The van der Waals surface area contributed by atoms with E-state index < -0.39 is 0 Å². The first-order valence-electron chi connectivity index (χ1n) is 9.92. The summed E-state index contributed by atoms with van der Waals surface area (Å²) in [6, 6.07) is 6.65. The van der Waals surface area contributed by atoms with Gasteiger partial charge in [-0.2, -0.15) is 10.2 Å². The zero-order valence-electron chi connectivity index (χ0n) is 16.2. The van der Waals surface area contributed by atoms with Crippen molar-refractivity contribution in [3.05, 3.63) is 49.2 Å². The second kappa shape index (κ2) is 6.12. The number of anilines is 2. The molecule has 0 radical (unpaired) electrons. The smallest absolute Gasteiger partial charge is 0.227 e. The number of H-pyrrole nitrogens is 1. The van der Waals surface area contributed by atoms with Gasteiger partial charge in [0.1, 0.15) is 0 Å². The van der Waals surface area contributed by atoms with Crippen molar-refractivity contribution in [1.29, 1.82) is 0 Å². The fourth-order valence-electron chi connectivity index (χ4n) is 4.90. The van der Waals surface area contributed by atoms with E-state index in [4.69, 9.17) is 0 Å². The van der Waals surface area contributed by atoms with Crippen LogP contribution in [0.25, 0.3) is 22.0 Å². The quantitative estimate of drug-likeness (QED) is 0.560.